The van der Waals surface area contributed by atoms with Gasteiger partial charge in [-0.2, -0.15) is 0 Å². The van der Waals surface area contributed by atoms with Crippen molar-refractivity contribution in [2.45, 2.75) is 6.92 Å². The molecular weight excluding hydrogens is 340 g/mol. The molecule has 0 fully saturated rings. The average Bonchev–Trinajstić information content (AvgIpc) is 2.95. The minimum absolute atomic E-state index is 0.112. The first kappa shape index (κ1) is 14.7. The molecule has 0 aliphatic heterocycles. The molecule has 0 aliphatic carbocycles. The van der Waals surface area contributed by atoms with Gasteiger partial charge >= 0.3 is 0 Å². The number of carbonyl (C=O) groups is 1. The van der Waals surface area contributed by atoms with Crippen molar-refractivity contribution in [3.8, 4) is 0 Å². The Kier molecular flexibility index (Phi) is 5.31. The summed E-state index contributed by atoms with van der Waals surface area (Å²) in [6, 6.07) is 11.2. The van der Waals surface area contributed by atoms with Crippen LogP contribution in [-0.2, 0) is 9.63 Å². The molecule has 20 heavy (non-hydrogen) atoms. The molecule has 2 aromatic rings. The zero-order valence-electron chi connectivity index (χ0n) is 10.8. The SMILES string of the molecule is C/C(=N\OCC(=O)Nc1ccc(Br)cc1)c1cccs1. The molecule has 1 N–H and O–H groups in total. The van der Waals surface area contributed by atoms with Crippen LogP contribution in [-0.4, -0.2) is 18.2 Å². The van der Waals surface area contributed by atoms with Gasteiger partial charge in [0, 0.05) is 10.2 Å². The number of carbonyl (C=O) groups excluding carboxylic acids is 1. The van der Waals surface area contributed by atoms with E-state index in [0.29, 0.717) is 0 Å². The first-order chi connectivity index (χ1) is 9.65. The van der Waals surface area contributed by atoms with E-state index in [1.54, 1.807) is 11.3 Å². The van der Waals surface area contributed by atoms with Crippen molar-refractivity contribution < 1.29 is 9.63 Å². The minimum atomic E-state index is -0.241. The maximum atomic E-state index is 11.7. The van der Waals surface area contributed by atoms with Crippen molar-refractivity contribution in [1.82, 2.24) is 0 Å². The number of thiophene rings is 1. The normalized spacial score (nSPS) is 11.2. The summed E-state index contributed by atoms with van der Waals surface area (Å²) in [5.41, 5.74) is 1.48. The number of oxime groups is 1. The van der Waals surface area contributed by atoms with Crippen LogP contribution in [0.25, 0.3) is 0 Å². The van der Waals surface area contributed by atoms with Gasteiger partial charge in [0.25, 0.3) is 5.91 Å². The molecule has 2 rings (SSSR count). The van der Waals surface area contributed by atoms with Gasteiger partial charge in [-0.15, -0.1) is 11.3 Å². The number of benzene rings is 1. The maximum Gasteiger partial charge on any atom is 0.265 e. The van der Waals surface area contributed by atoms with Gasteiger partial charge in [0.1, 0.15) is 0 Å². The first-order valence-electron chi connectivity index (χ1n) is 5.91. The zero-order valence-corrected chi connectivity index (χ0v) is 13.2. The lowest BCUT2D eigenvalue weighted by molar-refractivity contribution is -0.120. The predicted molar refractivity (Wildman–Crippen MR) is 85.3 cm³/mol. The van der Waals surface area contributed by atoms with Gasteiger partial charge < -0.3 is 10.2 Å². The predicted octanol–water partition coefficient (Wildman–Crippen LogP) is 3.89. The number of hydrogen-bond acceptors (Lipinski definition) is 4. The van der Waals surface area contributed by atoms with Gasteiger partial charge in [-0.05, 0) is 42.6 Å². The molecule has 104 valence electrons. The highest BCUT2D eigenvalue weighted by Crippen LogP contribution is 2.14. The van der Waals surface area contributed by atoms with Crippen LogP contribution in [0.3, 0.4) is 0 Å². The second kappa shape index (κ2) is 7.21. The van der Waals surface area contributed by atoms with Crippen LogP contribution in [0.1, 0.15) is 11.8 Å². The van der Waals surface area contributed by atoms with Gasteiger partial charge in [0.15, 0.2) is 6.61 Å². The highest BCUT2D eigenvalue weighted by Gasteiger charge is 2.03. The van der Waals surface area contributed by atoms with Gasteiger partial charge in [-0.1, -0.05) is 27.2 Å². The summed E-state index contributed by atoms with van der Waals surface area (Å²) in [6.45, 7) is 1.73. The Bertz CT molecular complexity index is 594. The van der Waals surface area contributed by atoms with E-state index >= 15 is 0 Å². The summed E-state index contributed by atoms with van der Waals surface area (Å²) >= 11 is 4.91. The number of rotatable bonds is 5. The Labute approximate surface area is 129 Å². The molecule has 0 radical (unpaired) electrons. The van der Waals surface area contributed by atoms with E-state index < -0.39 is 0 Å². The second-order valence-electron chi connectivity index (χ2n) is 3.98. The van der Waals surface area contributed by atoms with E-state index in [1.807, 2.05) is 48.7 Å². The van der Waals surface area contributed by atoms with Gasteiger partial charge in [-0.25, -0.2) is 0 Å². The average molecular weight is 353 g/mol. The highest BCUT2D eigenvalue weighted by molar-refractivity contribution is 9.10. The third-order valence-corrected chi connectivity index (χ3v) is 3.91. The Morgan fingerprint density at radius 2 is 2.10 bits per heavy atom. The molecule has 1 aromatic heterocycles. The molecule has 4 nitrogen and oxygen atoms in total. The third kappa shape index (κ3) is 4.47. The van der Waals surface area contributed by atoms with Gasteiger partial charge in [-0.3, -0.25) is 4.79 Å². The Morgan fingerprint density at radius 3 is 2.75 bits per heavy atom. The van der Waals surface area contributed by atoms with E-state index in [4.69, 9.17) is 4.84 Å². The van der Waals surface area contributed by atoms with Crippen molar-refractivity contribution in [2.75, 3.05) is 11.9 Å². The Balaban J connectivity index is 1.81. The molecule has 1 heterocycles. The number of anilines is 1. The fraction of sp³-hybridized carbons (Fsp3) is 0.143. The van der Waals surface area contributed by atoms with Crippen molar-refractivity contribution in [1.29, 1.82) is 0 Å². The number of nitrogens with zero attached hydrogens (tertiary/aromatic N) is 1. The highest BCUT2D eigenvalue weighted by atomic mass is 79.9. The van der Waals surface area contributed by atoms with Crippen LogP contribution in [0.5, 0.6) is 0 Å². The van der Waals surface area contributed by atoms with Crippen molar-refractivity contribution in [2.24, 2.45) is 5.16 Å². The van der Waals surface area contributed by atoms with E-state index in [2.05, 4.69) is 26.4 Å². The Morgan fingerprint density at radius 1 is 1.35 bits per heavy atom. The van der Waals surface area contributed by atoms with Crippen LogP contribution < -0.4 is 5.32 Å². The Hall–Kier alpha value is -1.66. The molecule has 0 spiro atoms. The molecule has 0 atom stereocenters. The summed E-state index contributed by atoms with van der Waals surface area (Å²) in [6.07, 6.45) is 0. The lowest BCUT2D eigenvalue weighted by Gasteiger charge is -2.04. The molecule has 0 saturated heterocycles. The van der Waals surface area contributed by atoms with Crippen LogP contribution in [0.15, 0.2) is 51.4 Å². The molecule has 1 amide bonds. The summed E-state index contributed by atoms with van der Waals surface area (Å²) < 4.78 is 0.961. The molecule has 0 bridgehead atoms. The van der Waals surface area contributed by atoms with Crippen molar-refractivity contribution >= 4 is 44.6 Å². The minimum Gasteiger partial charge on any atom is -0.385 e. The fourth-order valence-electron chi connectivity index (χ4n) is 1.45. The molecule has 0 saturated carbocycles. The van der Waals surface area contributed by atoms with Crippen molar-refractivity contribution in [3.63, 3.8) is 0 Å². The number of nitrogens with one attached hydrogen (secondary N) is 1. The van der Waals surface area contributed by atoms with Crippen LogP contribution >= 0.6 is 27.3 Å². The van der Waals surface area contributed by atoms with Gasteiger partial charge in [0.05, 0.1) is 10.6 Å². The molecule has 1 aromatic carbocycles. The lowest BCUT2D eigenvalue weighted by Crippen LogP contribution is -2.17. The summed E-state index contributed by atoms with van der Waals surface area (Å²) in [5, 5.41) is 8.61. The van der Waals surface area contributed by atoms with E-state index in [-0.39, 0.29) is 12.5 Å². The standard InChI is InChI=1S/C14H13BrN2O2S/c1-10(13-3-2-8-20-13)17-19-9-14(18)16-12-6-4-11(15)5-7-12/h2-8H,9H2,1H3,(H,16,18)/b17-10+. The first-order valence-corrected chi connectivity index (χ1v) is 7.58. The summed E-state index contributed by atoms with van der Waals surface area (Å²) in [5.74, 6) is -0.241. The van der Waals surface area contributed by atoms with Gasteiger partial charge in [0.2, 0.25) is 0 Å². The summed E-state index contributed by atoms with van der Waals surface area (Å²) in [7, 11) is 0. The molecule has 6 heteroatoms. The van der Waals surface area contributed by atoms with Crippen molar-refractivity contribution in [3.05, 3.63) is 51.1 Å². The smallest absolute Gasteiger partial charge is 0.265 e. The topological polar surface area (TPSA) is 50.7 Å². The monoisotopic (exact) mass is 352 g/mol. The van der Waals surface area contributed by atoms with Crippen LogP contribution in [0.2, 0.25) is 0 Å². The number of halogens is 1. The number of hydrogen-bond donors (Lipinski definition) is 1. The number of amides is 1. The zero-order chi connectivity index (χ0) is 14.4. The quantitative estimate of drug-likeness (QED) is 0.655. The molecule has 0 aliphatic rings. The lowest BCUT2D eigenvalue weighted by atomic mass is 10.3. The third-order valence-electron chi connectivity index (χ3n) is 2.40. The summed E-state index contributed by atoms with van der Waals surface area (Å²) in [4.78, 5) is 17.7. The van der Waals surface area contributed by atoms with Crippen LogP contribution in [0.4, 0.5) is 5.69 Å². The maximum absolute atomic E-state index is 11.7. The fourth-order valence-corrected chi connectivity index (χ4v) is 2.38. The van der Waals surface area contributed by atoms with Crippen LogP contribution in [0, 0.1) is 0 Å². The molecular formula is C14H13BrN2O2S. The van der Waals surface area contributed by atoms with E-state index in [9.17, 15) is 4.79 Å². The van der Waals surface area contributed by atoms with E-state index in [1.165, 1.54) is 0 Å². The largest absolute Gasteiger partial charge is 0.385 e. The van der Waals surface area contributed by atoms with E-state index in [0.717, 1.165) is 20.7 Å². The second-order valence-corrected chi connectivity index (χ2v) is 5.85. The molecule has 0 unspecified atom stereocenters.